The van der Waals surface area contributed by atoms with Gasteiger partial charge in [-0.2, -0.15) is 0 Å². The highest BCUT2D eigenvalue weighted by atomic mass is 14.6. The first-order valence-corrected chi connectivity index (χ1v) is 11.3. The molecule has 0 bridgehead atoms. The quantitative estimate of drug-likeness (QED) is 0.301. The van der Waals surface area contributed by atoms with Crippen molar-refractivity contribution in [3.63, 3.8) is 0 Å². The van der Waals surface area contributed by atoms with Crippen molar-refractivity contribution >= 4 is 11.4 Å². The lowest BCUT2D eigenvalue weighted by Crippen LogP contribution is -2.03. The van der Waals surface area contributed by atoms with E-state index in [9.17, 15) is 0 Å². The van der Waals surface area contributed by atoms with Crippen LogP contribution in [0.1, 0.15) is 100 Å². The second-order valence-electron chi connectivity index (χ2n) is 8.26. The summed E-state index contributed by atoms with van der Waals surface area (Å²) >= 11 is 0. The molecule has 0 aliphatic carbocycles. The van der Waals surface area contributed by atoms with Crippen LogP contribution in [0.25, 0.3) is 0 Å². The largest absolute Gasteiger partial charge is 0.399 e. The number of hydrogen-bond acceptors (Lipinski definition) is 2. The van der Waals surface area contributed by atoms with Gasteiger partial charge >= 0.3 is 0 Å². The normalized spacial score (nSPS) is 11.3. The van der Waals surface area contributed by atoms with E-state index in [4.69, 9.17) is 11.5 Å². The number of hydrogen-bond donors (Lipinski definition) is 2. The smallest absolute Gasteiger partial charge is 0.0346 e. The van der Waals surface area contributed by atoms with Crippen LogP contribution in [0.5, 0.6) is 0 Å². The van der Waals surface area contributed by atoms with Crippen LogP contribution in [0, 0.1) is 0 Å². The molecule has 0 aromatic heterocycles. The van der Waals surface area contributed by atoms with Gasteiger partial charge in [-0.1, -0.05) is 83.6 Å². The summed E-state index contributed by atoms with van der Waals surface area (Å²) < 4.78 is 0. The van der Waals surface area contributed by atoms with Crippen molar-refractivity contribution in [2.24, 2.45) is 0 Å². The summed E-state index contributed by atoms with van der Waals surface area (Å²) in [4.78, 5) is 0. The first-order valence-electron chi connectivity index (χ1n) is 11.3. The number of unbranched alkanes of at least 4 members (excludes halogenated alkanes) is 6. The van der Waals surface area contributed by atoms with E-state index in [1.807, 2.05) is 0 Å². The lowest BCUT2D eigenvalue weighted by atomic mass is 9.89. The Morgan fingerprint density at radius 3 is 1.46 bits per heavy atom. The van der Waals surface area contributed by atoms with Crippen LogP contribution in [-0.4, -0.2) is 0 Å². The molecule has 154 valence electrons. The van der Waals surface area contributed by atoms with Crippen LogP contribution < -0.4 is 11.5 Å². The predicted octanol–water partition coefficient (Wildman–Crippen LogP) is 7.25. The van der Waals surface area contributed by atoms with Crippen LogP contribution in [0.3, 0.4) is 0 Å². The second-order valence-corrected chi connectivity index (χ2v) is 8.26. The number of benzene rings is 2. The number of nitrogen functional groups attached to an aromatic ring is 2. The highest BCUT2D eigenvalue weighted by Crippen LogP contribution is 2.30. The summed E-state index contributed by atoms with van der Waals surface area (Å²) in [6.07, 6.45) is 12.3. The Hall–Kier alpha value is -1.96. The van der Waals surface area contributed by atoms with Crippen LogP contribution in [0.4, 0.5) is 11.4 Å². The summed E-state index contributed by atoms with van der Waals surface area (Å²) in [5, 5.41) is 0. The summed E-state index contributed by atoms with van der Waals surface area (Å²) in [5.41, 5.74) is 19.7. The fourth-order valence-corrected chi connectivity index (χ4v) is 3.90. The zero-order valence-electron chi connectivity index (χ0n) is 18.3. The van der Waals surface area contributed by atoms with Crippen LogP contribution in [-0.2, 0) is 12.8 Å². The molecule has 0 atom stereocenters. The maximum absolute atomic E-state index is 6.25. The minimum atomic E-state index is 0.352. The Kier molecular flexibility index (Phi) is 9.40. The molecular weight excluding hydrogens is 340 g/mol. The molecule has 0 aliphatic heterocycles. The SMILES string of the molecule is CCCCCCc1cc(C(C)c2ccc(N)c(CCCCCC)c2)ccc1N. The highest BCUT2D eigenvalue weighted by Gasteiger charge is 2.12. The summed E-state index contributed by atoms with van der Waals surface area (Å²) in [6.45, 7) is 6.79. The van der Waals surface area contributed by atoms with E-state index in [1.165, 1.54) is 73.6 Å². The fraction of sp³-hybridized carbons (Fsp3) is 0.538. The van der Waals surface area contributed by atoms with Gasteiger partial charge in [0.2, 0.25) is 0 Å². The molecule has 2 rings (SSSR count). The standard InChI is InChI=1S/C26H40N2/c1-4-6-8-10-12-23-18-21(14-16-25(23)27)20(3)22-15-17-26(28)24(19-22)13-11-9-7-5-2/h14-20H,4-13,27-28H2,1-3H3. The molecule has 0 aliphatic rings. The fourth-order valence-electron chi connectivity index (χ4n) is 3.90. The van der Waals surface area contributed by atoms with Gasteiger partial charge in [0.05, 0.1) is 0 Å². The van der Waals surface area contributed by atoms with Crippen molar-refractivity contribution in [3.05, 3.63) is 58.7 Å². The van der Waals surface area contributed by atoms with Crippen LogP contribution in [0.15, 0.2) is 36.4 Å². The van der Waals surface area contributed by atoms with Gasteiger partial charge in [-0.05, 0) is 60.1 Å². The molecule has 0 spiro atoms. The van der Waals surface area contributed by atoms with Gasteiger partial charge in [-0.3, -0.25) is 0 Å². The molecule has 0 amide bonds. The third kappa shape index (κ3) is 6.58. The lowest BCUT2D eigenvalue weighted by molar-refractivity contribution is 0.666. The maximum Gasteiger partial charge on any atom is 0.0346 e. The number of anilines is 2. The van der Waals surface area contributed by atoms with Crippen LogP contribution >= 0.6 is 0 Å². The van der Waals surface area contributed by atoms with E-state index in [1.54, 1.807) is 0 Å². The molecule has 0 unspecified atom stereocenters. The molecule has 2 nitrogen and oxygen atoms in total. The molecule has 4 N–H and O–H groups in total. The monoisotopic (exact) mass is 380 g/mol. The Bertz CT molecular complexity index is 659. The average molecular weight is 381 g/mol. The van der Waals surface area contributed by atoms with Crippen molar-refractivity contribution in [2.45, 2.75) is 90.9 Å². The molecule has 0 saturated carbocycles. The van der Waals surface area contributed by atoms with Gasteiger partial charge in [0.15, 0.2) is 0 Å². The van der Waals surface area contributed by atoms with Crippen molar-refractivity contribution in [1.82, 2.24) is 0 Å². The molecule has 2 aromatic carbocycles. The van der Waals surface area contributed by atoms with Crippen molar-refractivity contribution in [1.29, 1.82) is 0 Å². The molecule has 0 fully saturated rings. The molecule has 0 heterocycles. The van der Waals surface area contributed by atoms with Gasteiger partial charge < -0.3 is 11.5 Å². The van der Waals surface area contributed by atoms with Gasteiger partial charge in [-0.25, -0.2) is 0 Å². The molecular formula is C26H40N2. The minimum absolute atomic E-state index is 0.352. The highest BCUT2D eigenvalue weighted by molar-refractivity contribution is 5.53. The zero-order valence-corrected chi connectivity index (χ0v) is 18.3. The van der Waals surface area contributed by atoms with Gasteiger partial charge in [0.25, 0.3) is 0 Å². The zero-order chi connectivity index (χ0) is 20.4. The maximum atomic E-state index is 6.25. The molecule has 0 saturated heterocycles. The predicted molar refractivity (Wildman–Crippen MR) is 125 cm³/mol. The average Bonchev–Trinajstić information content (AvgIpc) is 2.70. The second kappa shape index (κ2) is 11.8. The third-order valence-corrected chi connectivity index (χ3v) is 5.93. The topological polar surface area (TPSA) is 52.0 Å². The summed E-state index contributed by atoms with van der Waals surface area (Å²) in [7, 11) is 0. The summed E-state index contributed by atoms with van der Waals surface area (Å²) in [5.74, 6) is 0.352. The Morgan fingerprint density at radius 2 is 1.07 bits per heavy atom. The van der Waals surface area contributed by atoms with Crippen LogP contribution in [0.2, 0.25) is 0 Å². The lowest BCUT2D eigenvalue weighted by Gasteiger charge is -2.17. The first kappa shape index (κ1) is 22.3. The van der Waals surface area contributed by atoms with E-state index in [0.717, 1.165) is 24.2 Å². The van der Waals surface area contributed by atoms with Gasteiger partial charge in [0, 0.05) is 17.3 Å². The molecule has 28 heavy (non-hydrogen) atoms. The van der Waals surface area contributed by atoms with E-state index in [2.05, 4.69) is 57.2 Å². The van der Waals surface area contributed by atoms with Crippen molar-refractivity contribution in [2.75, 3.05) is 11.5 Å². The van der Waals surface area contributed by atoms with E-state index in [0.29, 0.717) is 5.92 Å². The Morgan fingerprint density at radius 1 is 0.643 bits per heavy atom. The van der Waals surface area contributed by atoms with Crippen molar-refractivity contribution < 1.29 is 0 Å². The number of rotatable bonds is 12. The van der Waals surface area contributed by atoms with Gasteiger partial charge in [0.1, 0.15) is 0 Å². The first-order chi connectivity index (χ1) is 13.6. The molecule has 2 aromatic rings. The number of aryl methyl sites for hydroxylation is 2. The van der Waals surface area contributed by atoms with E-state index >= 15 is 0 Å². The third-order valence-electron chi connectivity index (χ3n) is 5.93. The van der Waals surface area contributed by atoms with E-state index < -0.39 is 0 Å². The minimum Gasteiger partial charge on any atom is -0.399 e. The molecule has 0 radical (unpaired) electrons. The van der Waals surface area contributed by atoms with E-state index in [-0.39, 0.29) is 0 Å². The number of nitrogens with two attached hydrogens (primary N) is 2. The Labute approximate surface area is 172 Å². The van der Waals surface area contributed by atoms with Crippen molar-refractivity contribution in [3.8, 4) is 0 Å². The summed E-state index contributed by atoms with van der Waals surface area (Å²) in [6, 6.07) is 13.2. The van der Waals surface area contributed by atoms with Gasteiger partial charge in [-0.15, -0.1) is 0 Å². The molecule has 2 heteroatoms. The Balaban J connectivity index is 2.10.